The Kier molecular flexibility index (Phi) is 5.06. The number of rotatable bonds is 5. The van der Waals surface area contributed by atoms with Crippen LogP contribution >= 0.6 is 0 Å². The molecule has 2 aromatic rings. The van der Waals surface area contributed by atoms with Crippen LogP contribution in [0.1, 0.15) is 36.3 Å². The first-order chi connectivity index (χ1) is 11.1. The van der Waals surface area contributed by atoms with Crippen LogP contribution in [0.3, 0.4) is 0 Å². The van der Waals surface area contributed by atoms with Crippen molar-refractivity contribution in [2.24, 2.45) is 5.92 Å². The van der Waals surface area contributed by atoms with Gasteiger partial charge in [-0.1, -0.05) is 6.07 Å². The number of hydrogen-bond acceptors (Lipinski definition) is 2. The van der Waals surface area contributed by atoms with Crippen LogP contribution in [-0.4, -0.2) is 28.0 Å². The number of benzene rings is 1. The average molecular weight is 319 g/mol. The molecule has 5 heteroatoms. The summed E-state index contributed by atoms with van der Waals surface area (Å²) in [6.07, 6.45) is 5.45. The van der Waals surface area contributed by atoms with Gasteiger partial charge in [0, 0.05) is 30.5 Å². The molecule has 1 N–H and O–H groups in total. The molecule has 0 amide bonds. The van der Waals surface area contributed by atoms with E-state index in [0.29, 0.717) is 12.3 Å². The van der Waals surface area contributed by atoms with Crippen LogP contribution in [0.15, 0.2) is 24.4 Å². The highest BCUT2D eigenvalue weighted by atomic mass is 19.1. The first-order valence-corrected chi connectivity index (χ1v) is 8.27. The van der Waals surface area contributed by atoms with Gasteiger partial charge in [0.05, 0.1) is 0 Å². The number of H-pyrrole nitrogens is 1. The monoisotopic (exact) mass is 319 g/mol. The van der Waals surface area contributed by atoms with Gasteiger partial charge in [-0.2, -0.15) is 0 Å². The molecule has 1 fully saturated rings. The Labute approximate surface area is 135 Å². The van der Waals surface area contributed by atoms with E-state index in [2.05, 4.69) is 14.9 Å². The molecule has 2 heterocycles. The van der Waals surface area contributed by atoms with Crippen LogP contribution in [-0.2, 0) is 13.0 Å². The molecule has 23 heavy (non-hydrogen) atoms. The lowest BCUT2D eigenvalue weighted by Gasteiger charge is -2.32. The number of aromatic nitrogens is 2. The van der Waals surface area contributed by atoms with Crippen molar-refractivity contribution in [1.29, 1.82) is 0 Å². The van der Waals surface area contributed by atoms with Gasteiger partial charge < -0.3 is 4.98 Å². The van der Waals surface area contributed by atoms with Crippen LogP contribution in [0.5, 0.6) is 0 Å². The second-order valence-corrected chi connectivity index (χ2v) is 6.48. The van der Waals surface area contributed by atoms with E-state index in [1.54, 1.807) is 0 Å². The number of aryl methyl sites for hydroxylation is 1. The summed E-state index contributed by atoms with van der Waals surface area (Å²) in [7, 11) is 0. The fourth-order valence-corrected chi connectivity index (χ4v) is 3.44. The van der Waals surface area contributed by atoms with E-state index < -0.39 is 11.6 Å². The smallest absolute Gasteiger partial charge is 0.129 e. The third kappa shape index (κ3) is 4.16. The highest BCUT2D eigenvalue weighted by molar-refractivity contribution is 5.19. The van der Waals surface area contributed by atoms with Gasteiger partial charge in [0.25, 0.3) is 0 Å². The van der Waals surface area contributed by atoms with Crippen molar-refractivity contribution < 1.29 is 8.78 Å². The van der Waals surface area contributed by atoms with Gasteiger partial charge in [0.15, 0.2) is 0 Å². The third-order valence-electron chi connectivity index (χ3n) is 4.62. The molecule has 0 radical (unpaired) electrons. The fraction of sp³-hybridized carbons (Fsp3) is 0.500. The van der Waals surface area contributed by atoms with E-state index in [-0.39, 0.29) is 5.56 Å². The van der Waals surface area contributed by atoms with Gasteiger partial charge in [-0.05, 0) is 57.2 Å². The van der Waals surface area contributed by atoms with Crippen LogP contribution in [0.2, 0.25) is 0 Å². The molecule has 1 atom stereocenters. The molecule has 1 aromatic carbocycles. The largest absolute Gasteiger partial charge is 0.345 e. The standard InChI is InChI=1S/C18H23F2N3/c1-13-21-10-15(22-13)12-23-9-3-4-14(11-23)7-8-16-17(19)5-2-6-18(16)20/h2,5-6,10,14H,3-4,7-9,11-12H2,1H3,(H,21,22)/t14-/m1/s1. The molecular weight excluding hydrogens is 296 g/mol. The molecule has 0 unspecified atom stereocenters. The Morgan fingerprint density at radius 1 is 1.30 bits per heavy atom. The van der Waals surface area contributed by atoms with Gasteiger partial charge in [-0.15, -0.1) is 0 Å². The van der Waals surface area contributed by atoms with Crippen molar-refractivity contribution in [3.63, 3.8) is 0 Å². The number of piperidine rings is 1. The summed E-state index contributed by atoms with van der Waals surface area (Å²) in [5.41, 5.74) is 1.36. The number of halogens is 2. The lowest BCUT2D eigenvalue weighted by atomic mass is 9.91. The third-order valence-corrected chi connectivity index (χ3v) is 4.62. The lowest BCUT2D eigenvalue weighted by Crippen LogP contribution is -2.35. The zero-order chi connectivity index (χ0) is 16.2. The number of aromatic amines is 1. The van der Waals surface area contributed by atoms with Crippen LogP contribution in [0.25, 0.3) is 0 Å². The fourth-order valence-electron chi connectivity index (χ4n) is 3.44. The summed E-state index contributed by atoms with van der Waals surface area (Å²) in [5, 5.41) is 0. The minimum Gasteiger partial charge on any atom is -0.345 e. The SMILES string of the molecule is Cc1ncc(CN2CCC[C@H](CCc3c(F)cccc3F)C2)[nH]1. The van der Waals surface area contributed by atoms with Crippen molar-refractivity contribution in [3.05, 3.63) is 53.1 Å². The zero-order valence-electron chi connectivity index (χ0n) is 13.5. The summed E-state index contributed by atoms with van der Waals surface area (Å²) in [6.45, 7) is 4.87. The van der Waals surface area contributed by atoms with Crippen molar-refractivity contribution in [2.75, 3.05) is 13.1 Å². The predicted molar refractivity (Wildman–Crippen MR) is 86.0 cm³/mol. The van der Waals surface area contributed by atoms with E-state index in [4.69, 9.17) is 0 Å². The molecular formula is C18H23F2N3. The summed E-state index contributed by atoms with van der Waals surface area (Å²) in [4.78, 5) is 9.89. The Morgan fingerprint density at radius 2 is 2.09 bits per heavy atom. The maximum Gasteiger partial charge on any atom is 0.129 e. The molecule has 1 aromatic heterocycles. The van der Waals surface area contributed by atoms with Gasteiger partial charge in [0.1, 0.15) is 17.5 Å². The minimum atomic E-state index is -0.425. The predicted octanol–water partition coefficient (Wildman–Crippen LogP) is 3.84. The Balaban J connectivity index is 1.54. The second kappa shape index (κ2) is 7.21. The first kappa shape index (κ1) is 16.1. The molecule has 1 saturated heterocycles. The zero-order valence-corrected chi connectivity index (χ0v) is 13.5. The number of likely N-dealkylation sites (tertiary alicyclic amines) is 1. The Hall–Kier alpha value is -1.75. The van der Waals surface area contributed by atoms with E-state index in [9.17, 15) is 8.78 Å². The molecule has 124 valence electrons. The highest BCUT2D eigenvalue weighted by Gasteiger charge is 2.21. The number of nitrogens with zero attached hydrogens (tertiary/aromatic N) is 2. The van der Waals surface area contributed by atoms with E-state index in [1.165, 1.54) is 18.2 Å². The second-order valence-electron chi connectivity index (χ2n) is 6.48. The molecule has 3 rings (SSSR count). The van der Waals surface area contributed by atoms with Gasteiger partial charge in [-0.25, -0.2) is 13.8 Å². The van der Waals surface area contributed by atoms with Gasteiger partial charge in [0.2, 0.25) is 0 Å². The van der Waals surface area contributed by atoms with Crippen LogP contribution in [0, 0.1) is 24.5 Å². The first-order valence-electron chi connectivity index (χ1n) is 8.27. The molecule has 1 aliphatic heterocycles. The van der Waals surface area contributed by atoms with Crippen molar-refractivity contribution in [2.45, 2.75) is 39.2 Å². The number of hydrogen-bond donors (Lipinski definition) is 1. The summed E-state index contributed by atoms with van der Waals surface area (Å²) in [6, 6.07) is 4.10. The van der Waals surface area contributed by atoms with Crippen molar-refractivity contribution in [3.8, 4) is 0 Å². The normalized spacial score (nSPS) is 19.2. The van der Waals surface area contributed by atoms with Crippen molar-refractivity contribution >= 4 is 0 Å². The highest BCUT2D eigenvalue weighted by Crippen LogP contribution is 2.24. The maximum atomic E-state index is 13.7. The molecule has 0 spiro atoms. The summed E-state index contributed by atoms with van der Waals surface area (Å²) < 4.78 is 27.4. The van der Waals surface area contributed by atoms with E-state index in [1.807, 2.05) is 13.1 Å². The molecule has 0 saturated carbocycles. The van der Waals surface area contributed by atoms with E-state index >= 15 is 0 Å². The maximum absolute atomic E-state index is 13.7. The van der Waals surface area contributed by atoms with Gasteiger partial charge >= 0.3 is 0 Å². The molecule has 3 nitrogen and oxygen atoms in total. The number of imidazole rings is 1. The lowest BCUT2D eigenvalue weighted by molar-refractivity contribution is 0.160. The Bertz CT molecular complexity index is 633. The van der Waals surface area contributed by atoms with Crippen LogP contribution < -0.4 is 0 Å². The quantitative estimate of drug-likeness (QED) is 0.908. The minimum absolute atomic E-state index is 0.230. The Morgan fingerprint density at radius 3 is 2.78 bits per heavy atom. The van der Waals surface area contributed by atoms with Crippen LogP contribution in [0.4, 0.5) is 8.78 Å². The molecule has 0 bridgehead atoms. The molecule has 1 aliphatic rings. The molecule has 0 aliphatic carbocycles. The van der Waals surface area contributed by atoms with E-state index in [0.717, 1.165) is 50.4 Å². The van der Waals surface area contributed by atoms with Gasteiger partial charge in [-0.3, -0.25) is 4.90 Å². The summed E-state index contributed by atoms with van der Waals surface area (Å²) in [5.74, 6) is 0.576. The number of nitrogens with one attached hydrogen (secondary N) is 1. The van der Waals surface area contributed by atoms with Crippen molar-refractivity contribution in [1.82, 2.24) is 14.9 Å². The summed E-state index contributed by atoms with van der Waals surface area (Å²) >= 11 is 0. The average Bonchev–Trinajstić information content (AvgIpc) is 2.92. The topological polar surface area (TPSA) is 31.9 Å².